The quantitative estimate of drug-likeness (QED) is 0.251. The molecule has 0 radical (unpaired) electrons. The summed E-state index contributed by atoms with van der Waals surface area (Å²) in [6, 6.07) is 3.34. The minimum absolute atomic E-state index is 0.0872. The highest BCUT2D eigenvalue weighted by molar-refractivity contribution is 6.06. The number of fused-ring (bicyclic) bond motifs is 7. The van der Waals surface area contributed by atoms with Gasteiger partial charge in [-0.25, -0.2) is 13.3 Å². The first-order valence-corrected chi connectivity index (χ1v) is 16.0. The first kappa shape index (κ1) is 29.1. The topological polar surface area (TPSA) is 99.5 Å². The average molecular weight is 654 g/mol. The molecule has 4 aliphatic heterocycles. The van der Waals surface area contributed by atoms with Gasteiger partial charge in [-0.1, -0.05) is 0 Å². The van der Waals surface area contributed by atoms with E-state index in [1.54, 1.807) is 6.07 Å². The van der Waals surface area contributed by atoms with Crippen molar-refractivity contribution in [1.29, 1.82) is 0 Å². The van der Waals surface area contributed by atoms with Gasteiger partial charge in [-0.3, -0.25) is 10.00 Å². The number of halogens is 5. The third kappa shape index (κ3) is 4.41. The molecule has 9 rings (SSSR count). The van der Waals surface area contributed by atoms with E-state index in [1.807, 2.05) is 0 Å². The summed E-state index contributed by atoms with van der Waals surface area (Å²) in [6.45, 7) is 3.80. The van der Waals surface area contributed by atoms with Crippen LogP contribution in [0.2, 0.25) is 0 Å². The molecule has 0 aliphatic carbocycles. The fourth-order valence-corrected chi connectivity index (χ4v) is 8.66. The number of H-pyrrole nitrogens is 1. The van der Waals surface area contributed by atoms with Crippen LogP contribution in [-0.4, -0.2) is 91.3 Å². The normalized spacial score (nSPS) is 26.3. The Balaban J connectivity index is 1.28. The molecule has 10 nitrogen and oxygen atoms in total. The number of hydrogen-bond donors (Lipinski definition) is 2. The number of hydrogen-bond acceptors (Lipinski definition) is 8. The lowest BCUT2D eigenvalue weighted by molar-refractivity contribution is -0.137. The number of anilines is 1. The van der Waals surface area contributed by atoms with Gasteiger partial charge in [0.1, 0.15) is 29.8 Å². The first-order valence-electron chi connectivity index (χ1n) is 16.0. The van der Waals surface area contributed by atoms with Crippen molar-refractivity contribution in [3.8, 4) is 17.3 Å². The second-order valence-corrected chi connectivity index (χ2v) is 13.5. The van der Waals surface area contributed by atoms with Crippen LogP contribution in [0.25, 0.3) is 38.6 Å². The first-order chi connectivity index (χ1) is 22.6. The van der Waals surface area contributed by atoms with Gasteiger partial charge in [-0.15, -0.1) is 0 Å². The summed E-state index contributed by atoms with van der Waals surface area (Å²) in [5.41, 5.74) is -1.79. The van der Waals surface area contributed by atoms with Crippen molar-refractivity contribution in [1.82, 2.24) is 40.0 Å². The number of benzene rings is 1. The van der Waals surface area contributed by atoms with Crippen molar-refractivity contribution in [2.75, 3.05) is 37.7 Å². The van der Waals surface area contributed by atoms with Crippen molar-refractivity contribution >= 4 is 33.1 Å². The number of aryl methyl sites for hydroxylation is 1. The Hall–Kier alpha value is -4.11. The molecule has 4 aromatic heterocycles. The fourth-order valence-electron chi connectivity index (χ4n) is 8.66. The Morgan fingerprint density at radius 3 is 2.72 bits per heavy atom. The molecule has 47 heavy (non-hydrogen) atoms. The SMILES string of the molecule is Cc1cc2[nH]ncc2c(-c2c(F)c3nc(OC[C@@]45CCCN4C[C@H](F)C5)nc(N4CC5CCC(C4)N5)c3c3ccnn23)c1C(F)(F)F. The van der Waals surface area contributed by atoms with E-state index in [4.69, 9.17) is 9.72 Å². The maximum atomic E-state index is 17.3. The molecule has 2 N–H and O–H groups in total. The molecule has 0 saturated carbocycles. The summed E-state index contributed by atoms with van der Waals surface area (Å²) in [6.07, 6.45) is 0.924. The van der Waals surface area contributed by atoms with Gasteiger partial charge >= 0.3 is 12.2 Å². The molecule has 15 heteroatoms. The molecule has 4 saturated heterocycles. The maximum absolute atomic E-state index is 17.3. The Labute approximate surface area is 265 Å². The maximum Gasteiger partial charge on any atom is 0.417 e. The van der Waals surface area contributed by atoms with E-state index in [1.165, 1.54) is 29.9 Å². The minimum Gasteiger partial charge on any atom is -0.461 e. The number of pyridine rings is 1. The van der Waals surface area contributed by atoms with E-state index in [0.29, 0.717) is 48.3 Å². The molecule has 8 heterocycles. The number of nitrogens with zero attached hydrogens (tertiary/aromatic N) is 7. The number of alkyl halides is 4. The summed E-state index contributed by atoms with van der Waals surface area (Å²) in [7, 11) is 0. The smallest absolute Gasteiger partial charge is 0.417 e. The zero-order chi connectivity index (χ0) is 32.2. The molecule has 4 aliphatic rings. The third-order valence-electron chi connectivity index (χ3n) is 10.6. The number of rotatable bonds is 5. The van der Waals surface area contributed by atoms with Crippen LogP contribution in [0.5, 0.6) is 6.01 Å². The molecule has 246 valence electrons. The Kier molecular flexibility index (Phi) is 6.30. The van der Waals surface area contributed by atoms with Crippen LogP contribution in [-0.2, 0) is 6.18 Å². The van der Waals surface area contributed by atoms with Crippen LogP contribution < -0.4 is 15.0 Å². The van der Waals surface area contributed by atoms with Crippen molar-refractivity contribution in [3.63, 3.8) is 0 Å². The molecule has 2 bridgehead atoms. The van der Waals surface area contributed by atoms with E-state index in [0.717, 1.165) is 32.2 Å². The lowest BCUT2D eigenvalue weighted by Crippen LogP contribution is -2.51. The van der Waals surface area contributed by atoms with Gasteiger partial charge in [-0.05, 0) is 56.8 Å². The van der Waals surface area contributed by atoms with Crippen molar-refractivity contribution in [3.05, 3.63) is 41.5 Å². The second kappa shape index (κ2) is 10.2. The van der Waals surface area contributed by atoms with Crippen LogP contribution in [0, 0.1) is 12.7 Å². The van der Waals surface area contributed by atoms with Crippen LogP contribution in [0.1, 0.15) is 43.2 Å². The number of piperazine rings is 1. The molecule has 4 atom stereocenters. The van der Waals surface area contributed by atoms with Gasteiger partial charge in [-0.2, -0.15) is 33.3 Å². The number of ether oxygens (including phenoxy) is 1. The lowest BCUT2D eigenvalue weighted by Gasteiger charge is -2.35. The summed E-state index contributed by atoms with van der Waals surface area (Å²) >= 11 is 0. The monoisotopic (exact) mass is 653 g/mol. The Bertz CT molecular complexity index is 2050. The fraction of sp³-hybridized carbons (Fsp3) is 0.500. The molecule has 5 aromatic rings. The van der Waals surface area contributed by atoms with Crippen molar-refractivity contribution in [2.45, 2.75) is 69.0 Å². The van der Waals surface area contributed by atoms with E-state index in [-0.39, 0.29) is 52.4 Å². The predicted molar refractivity (Wildman–Crippen MR) is 164 cm³/mol. The highest BCUT2D eigenvalue weighted by Crippen LogP contribution is 2.46. The Morgan fingerprint density at radius 2 is 1.94 bits per heavy atom. The average Bonchev–Trinajstić information content (AvgIpc) is 3.85. The van der Waals surface area contributed by atoms with Gasteiger partial charge in [0.2, 0.25) is 0 Å². The third-order valence-corrected chi connectivity index (χ3v) is 10.6. The van der Waals surface area contributed by atoms with Gasteiger partial charge in [0, 0.05) is 49.1 Å². The largest absolute Gasteiger partial charge is 0.461 e. The highest BCUT2D eigenvalue weighted by atomic mass is 19.4. The molecule has 4 fully saturated rings. The second-order valence-electron chi connectivity index (χ2n) is 13.5. The highest BCUT2D eigenvalue weighted by Gasteiger charge is 2.49. The molecular formula is C32H32F5N9O. The molecular weight excluding hydrogens is 621 g/mol. The number of aromatic nitrogens is 6. The summed E-state index contributed by atoms with van der Waals surface area (Å²) < 4.78 is 83.6. The van der Waals surface area contributed by atoms with Gasteiger partial charge in [0.15, 0.2) is 5.82 Å². The number of aromatic amines is 1. The molecule has 0 amide bonds. The molecule has 0 spiro atoms. The van der Waals surface area contributed by atoms with Crippen LogP contribution in [0.4, 0.5) is 27.8 Å². The van der Waals surface area contributed by atoms with E-state index < -0.39 is 29.3 Å². The molecule has 1 aromatic carbocycles. The Morgan fingerprint density at radius 1 is 1.13 bits per heavy atom. The van der Waals surface area contributed by atoms with Crippen molar-refractivity contribution in [2.24, 2.45) is 0 Å². The zero-order valence-electron chi connectivity index (χ0n) is 25.5. The van der Waals surface area contributed by atoms with Crippen molar-refractivity contribution < 1.29 is 26.7 Å². The van der Waals surface area contributed by atoms with Crippen LogP contribution in [0.3, 0.4) is 0 Å². The van der Waals surface area contributed by atoms with E-state index in [9.17, 15) is 17.6 Å². The van der Waals surface area contributed by atoms with E-state index >= 15 is 4.39 Å². The predicted octanol–water partition coefficient (Wildman–Crippen LogP) is 5.18. The lowest BCUT2D eigenvalue weighted by atomic mass is 9.94. The molecule has 2 unspecified atom stereocenters. The summed E-state index contributed by atoms with van der Waals surface area (Å²) in [5, 5.41) is 15.1. The van der Waals surface area contributed by atoms with Crippen LogP contribution in [0.15, 0.2) is 24.5 Å². The van der Waals surface area contributed by atoms with Gasteiger partial charge in [0.05, 0.1) is 39.9 Å². The zero-order valence-corrected chi connectivity index (χ0v) is 25.5. The van der Waals surface area contributed by atoms with Gasteiger partial charge in [0.25, 0.3) is 0 Å². The van der Waals surface area contributed by atoms with Gasteiger partial charge < -0.3 is 15.0 Å². The minimum atomic E-state index is -4.81. The van der Waals surface area contributed by atoms with E-state index in [2.05, 4.69) is 35.4 Å². The summed E-state index contributed by atoms with van der Waals surface area (Å²) in [5.74, 6) is -0.546. The standard InChI is InChI=1S/C32H32F5N9O/c1-16-9-21-20(11-38-43-21)23(25(16)32(35,36)37)28-26(34)27-24(22-5-7-39-46(22)28)29(44-13-18-3-4-19(14-44)40-18)42-30(41-27)47-15-31-6-2-8-45(31)12-17(33)10-31/h5,7,9,11,17-19,40H,2-4,6,8,10,12-15H2,1H3,(H,38,43)/t17-,18?,19?,31+/m1/s1. The van der Waals surface area contributed by atoms with Crippen LogP contribution >= 0.6 is 0 Å². The summed E-state index contributed by atoms with van der Waals surface area (Å²) in [4.78, 5) is 13.6. The number of nitrogens with one attached hydrogen (secondary N) is 2.